The molecule has 0 aliphatic heterocycles. The fourth-order valence-corrected chi connectivity index (χ4v) is 3.24. The number of nitrogens with zero attached hydrogens (tertiary/aromatic N) is 3. The Bertz CT molecular complexity index is 898. The zero-order valence-corrected chi connectivity index (χ0v) is 17.6. The third kappa shape index (κ3) is 6.54. The van der Waals surface area contributed by atoms with Crippen molar-refractivity contribution in [3.63, 3.8) is 0 Å². The zero-order valence-electron chi connectivity index (χ0n) is 17.6. The molecule has 2 N–H and O–H groups in total. The molecule has 154 valence electrons. The second-order valence-corrected chi connectivity index (χ2v) is 7.25. The topological polar surface area (TPSA) is 57.7 Å². The normalized spacial score (nSPS) is 11.8. The Labute approximate surface area is 173 Å². The Kier molecular flexibility index (Phi) is 7.53. The summed E-state index contributed by atoms with van der Waals surface area (Å²) in [6, 6.07) is 14.6. The van der Waals surface area contributed by atoms with Crippen molar-refractivity contribution in [2.45, 2.75) is 33.1 Å². The smallest absolute Gasteiger partial charge is 0.191 e. The van der Waals surface area contributed by atoms with Crippen LogP contribution in [0, 0.1) is 0 Å². The van der Waals surface area contributed by atoms with Gasteiger partial charge in [-0.15, -0.1) is 0 Å². The number of aliphatic imine (C=N–C) groups is 1. The Balaban J connectivity index is 1.60. The van der Waals surface area contributed by atoms with Gasteiger partial charge >= 0.3 is 0 Å². The minimum Gasteiger partial charge on any atom is -0.468 e. The molecule has 6 heteroatoms. The Hall–Kier alpha value is -2.99. The molecular weight excluding hydrogens is 362 g/mol. The summed E-state index contributed by atoms with van der Waals surface area (Å²) in [4.78, 5) is 6.97. The summed E-state index contributed by atoms with van der Waals surface area (Å²) < 4.78 is 7.51. The lowest BCUT2D eigenvalue weighted by molar-refractivity contribution is 0.287. The number of aromatic nitrogens is 1. The number of benzene rings is 1. The van der Waals surface area contributed by atoms with Crippen LogP contribution in [-0.4, -0.2) is 29.0 Å². The van der Waals surface area contributed by atoms with Gasteiger partial charge in [-0.25, -0.2) is 4.99 Å². The van der Waals surface area contributed by atoms with Gasteiger partial charge in [0.25, 0.3) is 0 Å². The maximum absolute atomic E-state index is 5.46. The highest BCUT2D eigenvalue weighted by Crippen LogP contribution is 2.13. The van der Waals surface area contributed by atoms with Crippen molar-refractivity contribution in [3.8, 4) is 0 Å². The molecule has 6 nitrogen and oxygen atoms in total. The van der Waals surface area contributed by atoms with Crippen LogP contribution >= 0.6 is 0 Å². The quantitative estimate of drug-likeness (QED) is 0.431. The highest BCUT2D eigenvalue weighted by molar-refractivity contribution is 5.79. The second-order valence-electron chi connectivity index (χ2n) is 7.25. The van der Waals surface area contributed by atoms with Crippen molar-refractivity contribution >= 4 is 5.96 Å². The second kappa shape index (κ2) is 10.5. The number of guanidine groups is 1. The SMILES string of the molecule is CCNC(=NCc1ccn(C)c1)NCc1ccccc1CN(C)Cc1ccco1. The summed E-state index contributed by atoms with van der Waals surface area (Å²) >= 11 is 0. The first-order chi connectivity index (χ1) is 14.1. The third-order valence-electron chi connectivity index (χ3n) is 4.67. The predicted molar refractivity (Wildman–Crippen MR) is 117 cm³/mol. The van der Waals surface area contributed by atoms with Gasteiger partial charge in [0.05, 0.1) is 19.4 Å². The fraction of sp³-hybridized carbons (Fsp3) is 0.348. The average molecular weight is 394 g/mol. The van der Waals surface area contributed by atoms with Gasteiger partial charge < -0.3 is 19.6 Å². The molecule has 0 aliphatic rings. The van der Waals surface area contributed by atoms with E-state index in [1.807, 2.05) is 29.9 Å². The monoisotopic (exact) mass is 393 g/mol. The minimum atomic E-state index is 0.656. The Morgan fingerprint density at radius 1 is 1.07 bits per heavy atom. The summed E-state index contributed by atoms with van der Waals surface area (Å²) in [6.45, 7) is 5.94. The Morgan fingerprint density at radius 2 is 1.90 bits per heavy atom. The van der Waals surface area contributed by atoms with E-state index in [-0.39, 0.29) is 0 Å². The molecule has 0 amide bonds. The van der Waals surface area contributed by atoms with E-state index in [1.165, 1.54) is 16.7 Å². The number of furan rings is 1. The molecule has 0 fully saturated rings. The maximum Gasteiger partial charge on any atom is 0.191 e. The standard InChI is InChI=1S/C23H31N5O/c1-4-24-23(25-14-19-11-12-27(2)16-19)26-15-20-8-5-6-9-21(20)17-28(3)18-22-10-7-13-29-22/h5-13,16H,4,14-15,17-18H2,1-3H3,(H2,24,25,26). The van der Waals surface area contributed by atoms with Crippen molar-refractivity contribution in [2.24, 2.45) is 12.0 Å². The van der Waals surface area contributed by atoms with Crippen LogP contribution in [0.5, 0.6) is 0 Å². The van der Waals surface area contributed by atoms with Gasteiger partial charge in [-0.05, 0) is 48.9 Å². The highest BCUT2D eigenvalue weighted by Gasteiger charge is 2.08. The zero-order chi connectivity index (χ0) is 20.5. The minimum absolute atomic E-state index is 0.656. The molecule has 3 rings (SSSR count). The van der Waals surface area contributed by atoms with E-state index in [4.69, 9.17) is 9.41 Å². The molecule has 0 bridgehead atoms. The average Bonchev–Trinajstić information content (AvgIpc) is 3.36. The summed E-state index contributed by atoms with van der Waals surface area (Å²) in [5, 5.41) is 6.80. The van der Waals surface area contributed by atoms with Crippen LogP contribution in [-0.2, 0) is 33.2 Å². The molecule has 0 unspecified atom stereocenters. The van der Waals surface area contributed by atoms with Gasteiger partial charge in [0, 0.05) is 39.1 Å². The maximum atomic E-state index is 5.46. The first kappa shape index (κ1) is 20.7. The molecule has 2 heterocycles. The summed E-state index contributed by atoms with van der Waals surface area (Å²) in [5.74, 6) is 1.81. The first-order valence-corrected chi connectivity index (χ1v) is 10.0. The van der Waals surface area contributed by atoms with Crippen molar-refractivity contribution in [2.75, 3.05) is 13.6 Å². The van der Waals surface area contributed by atoms with Crippen LogP contribution in [0.15, 0.2) is 70.5 Å². The van der Waals surface area contributed by atoms with Crippen molar-refractivity contribution in [1.82, 2.24) is 20.1 Å². The number of hydrogen-bond acceptors (Lipinski definition) is 3. The molecule has 3 aromatic rings. The van der Waals surface area contributed by atoms with Crippen molar-refractivity contribution in [1.29, 1.82) is 0 Å². The molecule has 2 aromatic heterocycles. The first-order valence-electron chi connectivity index (χ1n) is 10.0. The van der Waals surface area contributed by atoms with Gasteiger partial charge in [-0.2, -0.15) is 0 Å². The van der Waals surface area contributed by atoms with Crippen LogP contribution < -0.4 is 10.6 Å². The summed E-state index contributed by atoms with van der Waals surface area (Å²) in [5.41, 5.74) is 3.77. The van der Waals surface area contributed by atoms with E-state index in [2.05, 4.69) is 66.0 Å². The molecule has 0 aliphatic carbocycles. The van der Waals surface area contributed by atoms with Crippen LogP contribution in [0.4, 0.5) is 0 Å². The molecule has 0 atom stereocenters. The molecule has 1 aromatic carbocycles. The fourth-order valence-electron chi connectivity index (χ4n) is 3.24. The van der Waals surface area contributed by atoms with Crippen LogP contribution in [0.25, 0.3) is 0 Å². The summed E-state index contributed by atoms with van der Waals surface area (Å²) in [7, 11) is 4.13. The predicted octanol–water partition coefficient (Wildman–Crippen LogP) is 3.51. The largest absolute Gasteiger partial charge is 0.468 e. The van der Waals surface area contributed by atoms with E-state index in [9.17, 15) is 0 Å². The van der Waals surface area contributed by atoms with E-state index in [1.54, 1.807) is 6.26 Å². The number of aryl methyl sites for hydroxylation is 1. The van der Waals surface area contributed by atoms with E-state index in [0.29, 0.717) is 6.54 Å². The van der Waals surface area contributed by atoms with Crippen LogP contribution in [0.3, 0.4) is 0 Å². The Morgan fingerprint density at radius 3 is 2.59 bits per heavy atom. The molecule has 0 saturated heterocycles. The van der Waals surface area contributed by atoms with Gasteiger partial charge in [0.15, 0.2) is 5.96 Å². The molecule has 0 spiro atoms. The highest BCUT2D eigenvalue weighted by atomic mass is 16.3. The molecule has 0 saturated carbocycles. The van der Waals surface area contributed by atoms with E-state index < -0.39 is 0 Å². The van der Waals surface area contributed by atoms with E-state index >= 15 is 0 Å². The van der Waals surface area contributed by atoms with Gasteiger partial charge in [-0.1, -0.05) is 24.3 Å². The molecule has 0 radical (unpaired) electrons. The lowest BCUT2D eigenvalue weighted by Gasteiger charge is -2.19. The van der Waals surface area contributed by atoms with Gasteiger partial charge in [0.1, 0.15) is 5.76 Å². The van der Waals surface area contributed by atoms with Gasteiger partial charge in [0.2, 0.25) is 0 Å². The van der Waals surface area contributed by atoms with Gasteiger partial charge in [-0.3, -0.25) is 4.90 Å². The van der Waals surface area contributed by atoms with Crippen LogP contribution in [0.2, 0.25) is 0 Å². The molecule has 29 heavy (non-hydrogen) atoms. The lowest BCUT2D eigenvalue weighted by atomic mass is 10.1. The lowest BCUT2D eigenvalue weighted by Crippen LogP contribution is -2.37. The van der Waals surface area contributed by atoms with Crippen LogP contribution in [0.1, 0.15) is 29.4 Å². The van der Waals surface area contributed by atoms with E-state index in [0.717, 1.165) is 37.9 Å². The molecular formula is C23H31N5O. The summed E-state index contributed by atoms with van der Waals surface area (Å²) in [6.07, 6.45) is 5.86. The number of rotatable bonds is 9. The third-order valence-corrected chi connectivity index (χ3v) is 4.67. The number of hydrogen-bond donors (Lipinski definition) is 2. The van der Waals surface area contributed by atoms with Crippen molar-refractivity contribution in [3.05, 3.63) is 83.6 Å². The number of nitrogens with one attached hydrogen (secondary N) is 2. The van der Waals surface area contributed by atoms with Crippen molar-refractivity contribution < 1.29 is 4.42 Å².